The second kappa shape index (κ2) is 6.46. The van der Waals surface area contributed by atoms with Crippen LogP contribution in [-0.2, 0) is 4.79 Å². The van der Waals surface area contributed by atoms with Gasteiger partial charge in [-0.25, -0.2) is 0 Å². The third kappa shape index (κ3) is 4.34. The van der Waals surface area contributed by atoms with Crippen LogP contribution in [0.5, 0.6) is 5.75 Å². The molecule has 3 heteroatoms. The largest absolute Gasteiger partial charge is 0.425 e. The summed E-state index contributed by atoms with van der Waals surface area (Å²) in [6.45, 7) is 2.10. The second-order valence-electron chi connectivity index (χ2n) is 3.36. The summed E-state index contributed by atoms with van der Waals surface area (Å²) in [6.07, 6.45) is 3.48. The molecule has 0 saturated heterocycles. The number of hydrogen-bond acceptors (Lipinski definition) is 2. The number of hydrogen-bond donors (Lipinski definition) is 0. The highest BCUT2D eigenvalue weighted by Gasteiger charge is 2.06. The molecule has 0 spiro atoms. The molecule has 0 fully saturated rings. The normalized spacial score (nSPS) is 10.0. The number of carbonyl (C=O) groups is 1. The molecule has 0 heterocycles. The molecule has 0 aromatic heterocycles. The van der Waals surface area contributed by atoms with Gasteiger partial charge in [0.2, 0.25) is 0 Å². The van der Waals surface area contributed by atoms with Crippen LogP contribution in [0.2, 0.25) is 5.02 Å². The Hall–Kier alpha value is -1.02. The van der Waals surface area contributed by atoms with Crippen molar-refractivity contribution in [3.63, 3.8) is 0 Å². The summed E-state index contributed by atoms with van der Waals surface area (Å²) in [4.78, 5) is 11.4. The summed E-state index contributed by atoms with van der Waals surface area (Å²) in [5.41, 5.74) is 0. The molecule has 0 aliphatic carbocycles. The summed E-state index contributed by atoms with van der Waals surface area (Å²) in [7, 11) is 0. The lowest BCUT2D eigenvalue weighted by Gasteiger charge is -2.05. The van der Waals surface area contributed by atoms with Gasteiger partial charge in [0, 0.05) is 6.42 Å². The summed E-state index contributed by atoms with van der Waals surface area (Å²) in [6, 6.07) is 6.99. The Morgan fingerprint density at radius 3 is 2.73 bits per heavy atom. The van der Waals surface area contributed by atoms with E-state index in [2.05, 4.69) is 6.92 Å². The molecule has 15 heavy (non-hydrogen) atoms. The van der Waals surface area contributed by atoms with Gasteiger partial charge >= 0.3 is 5.97 Å². The lowest BCUT2D eigenvalue weighted by Crippen LogP contribution is -2.07. The van der Waals surface area contributed by atoms with E-state index < -0.39 is 0 Å². The molecule has 0 aliphatic heterocycles. The first-order chi connectivity index (χ1) is 7.24. The van der Waals surface area contributed by atoms with Gasteiger partial charge in [0.1, 0.15) is 5.75 Å². The maximum Gasteiger partial charge on any atom is 0.311 e. The van der Waals surface area contributed by atoms with Crippen LogP contribution in [0.3, 0.4) is 0 Å². The second-order valence-corrected chi connectivity index (χ2v) is 3.77. The molecule has 0 atom stereocenters. The third-order valence-corrected chi connectivity index (χ3v) is 2.36. The Labute approximate surface area is 95.2 Å². The van der Waals surface area contributed by atoms with Gasteiger partial charge in [-0.15, -0.1) is 0 Å². The number of carbonyl (C=O) groups excluding carboxylic acids is 1. The average Bonchev–Trinajstić information content (AvgIpc) is 2.22. The van der Waals surface area contributed by atoms with Gasteiger partial charge in [0.15, 0.2) is 0 Å². The zero-order valence-electron chi connectivity index (χ0n) is 8.83. The van der Waals surface area contributed by atoms with E-state index in [0.29, 0.717) is 17.2 Å². The molecule has 1 aromatic rings. The molecule has 0 unspecified atom stereocenters. The van der Waals surface area contributed by atoms with E-state index >= 15 is 0 Å². The molecule has 82 valence electrons. The number of benzene rings is 1. The molecule has 0 bridgehead atoms. The van der Waals surface area contributed by atoms with Crippen molar-refractivity contribution in [2.75, 3.05) is 0 Å². The van der Waals surface area contributed by atoms with Gasteiger partial charge in [-0.1, -0.05) is 43.5 Å². The Morgan fingerprint density at radius 1 is 1.33 bits per heavy atom. The van der Waals surface area contributed by atoms with Crippen molar-refractivity contribution in [2.45, 2.75) is 32.6 Å². The van der Waals surface area contributed by atoms with E-state index in [4.69, 9.17) is 16.3 Å². The van der Waals surface area contributed by atoms with Crippen molar-refractivity contribution in [1.29, 1.82) is 0 Å². The molecule has 0 amide bonds. The van der Waals surface area contributed by atoms with E-state index in [1.54, 1.807) is 24.3 Å². The summed E-state index contributed by atoms with van der Waals surface area (Å²) in [5, 5.41) is 0.473. The average molecular weight is 227 g/mol. The first-order valence-corrected chi connectivity index (χ1v) is 5.57. The number of para-hydroxylation sites is 1. The Balaban J connectivity index is 2.41. The first kappa shape index (κ1) is 12.1. The van der Waals surface area contributed by atoms with E-state index in [1.807, 2.05) is 0 Å². The Bertz CT molecular complexity index is 323. The molecule has 0 N–H and O–H groups in total. The van der Waals surface area contributed by atoms with E-state index in [9.17, 15) is 4.79 Å². The van der Waals surface area contributed by atoms with Crippen LogP contribution in [0.4, 0.5) is 0 Å². The number of rotatable bonds is 5. The molecule has 2 nitrogen and oxygen atoms in total. The highest BCUT2D eigenvalue weighted by molar-refractivity contribution is 6.32. The maximum absolute atomic E-state index is 11.4. The van der Waals surface area contributed by atoms with Crippen LogP contribution in [0.1, 0.15) is 32.6 Å². The van der Waals surface area contributed by atoms with Gasteiger partial charge < -0.3 is 4.74 Å². The predicted molar refractivity (Wildman–Crippen MR) is 61.2 cm³/mol. The van der Waals surface area contributed by atoms with Gasteiger partial charge in [0.25, 0.3) is 0 Å². The van der Waals surface area contributed by atoms with Crippen LogP contribution < -0.4 is 4.74 Å². The zero-order chi connectivity index (χ0) is 11.1. The Morgan fingerprint density at radius 2 is 2.07 bits per heavy atom. The highest BCUT2D eigenvalue weighted by Crippen LogP contribution is 2.23. The van der Waals surface area contributed by atoms with Crippen molar-refractivity contribution in [2.24, 2.45) is 0 Å². The fraction of sp³-hybridized carbons (Fsp3) is 0.417. The fourth-order valence-corrected chi connectivity index (χ4v) is 1.39. The monoisotopic (exact) mass is 226 g/mol. The lowest BCUT2D eigenvalue weighted by atomic mass is 10.2. The number of esters is 1. The molecular weight excluding hydrogens is 212 g/mol. The summed E-state index contributed by atoms with van der Waals surface area (Å²) < 4.78 is 5.12. The van der Waals surface area contributed by atoms with Gasteiger partial charge in [-0.3, -0.25) is 4.79 Å². The van der Waals surface area contributed by atoms with Crippen molar-refractivity contribution >= 4 is 17.6 Å². The lowest BCUT2D eigenvalue weighted by molar-refractivity contribution is -0.134. The van der Waals surface area contributed by atoms with E-state index in [0.717, 1.165) is 19.3 Å². The van der Waals surface area contributed by atoms with E-state index in [1.165, 1.54) is 0 Å². The highest BCUT2D eigenvalue weighted by atomic mass is 35.5. The van der Waals surface area contributed by atoms with Crippen LogP contribution in [0.25, 0.3) is 0 Å². The minimum Gasteiger partial charge on any atom is -0.425 e. The van der Waals surface area contributed by atoms with Gasteiger partial charge in [-0.2, -0.15) is 0 Å². The van der Waals surface area contributed by atoms with Crippen molar-refractivity contribution in [1.82, 2.24) is 0 Å². The molecule has 0 saturated carbocycles. The van der Waals surface area contributed by atoms with Crippen LogP contribution in [-0.4, -0.2) is 5.97 Å². The first-order valence-electron chi connectivity index (χ1n) is 5.19. The summed E-state index contributed by atoms with van der Waals surface area (Å²) in [5.74, 6) is 0.234. The molecule has 1 rings (SSSR count). The molecular formula is C12H15ClO2. The van der Waals surface area contributed by atoms with Gasteiger partial charge in [0.05, 0.1) is 5.02 Å². The molecule has 0 aliphatic rings. The molecule has 1 aromatic carbocycles. The quantitative estimate of drug-likeness (QED) is 0.433. The van der Waals surface area contributed by atoms with Crippen molar-refractivity contribution in [3.8, 4) is 5.75 Å². The van der Waals surface area contributed by atoms with Crippen molar-refractivity contribution < 1.29 is 9.53 Å². The van der Waals surface area contributed by atoms with Crippen LogP contribution >= 0.6 is 11.6 Å². The predicted octanol–water partition coefficient (Wildman–Crippen LogP) is 3.83. The summed E-state index contributed by atoms with van der Waals surface area (Å²) >= 11 is 5.85. The van der Waals surface area contributed by atoms with Crippen LogP contribution in [0, 0.1) is 0 Å². The van der Waals surface area contributed by atoms with Crippen molar-refractivity contribution in [3.05, 3.63) is 29.3 Å². The molecule has 0 radical (unpaired) electrons. The number of halogens is 1. The number of ether oxygens (including phenoxy) is 1. The zero-order valence-corrected chi connectivity index (χ0v) is 9.59. The van der Waals surface area contributed by atoms with Crippen LogP contribution in [0.15, 0.2) is 24.3 Å². The minimum atomic E-state index is -0.212. The van der Waals surface area contributed by atoms with E-state index in [-0.39, 0.29) is 5.97 Å². The SMILES string of the molecule is CCCCCC(=O)Oc1ccccc1Cl. The standard InChI is InChI=1S/C12H15ClO2/c1-2-3-4-9-12(14)15-11-8-6-5-7-10(11)13/h5-8H,2-4,9H2,1H3. The minimum absolute atomic E-state index is 0.212. The Kier molecular flexibility index (Phi) is 5.19. The fourth-order valence-electron chi connectivity index (χ4n) is 1.22. The third-order valence-electron chi connectivity index (χ3n) is 2.04. The topological polar surface area (TPSA) is 26.3 Å². The van der Waals surface area contributed by atoms with Gasteiger partial charge in [-0.05, 0) is 18.6 Å². The number of unbranched alkanes of at least 4 members (excludes halogenated alkanes) is 2. The smallest absolute Gasteiger partial charge is 0.311 e. The maximum atomic E-state index is 11.4.